The lowest BCUT2D eigenvalue weighted by molar-refractivity contribution is 0.182. The van der Waals surface area contributed by atoms with Crippen LogP contribution in [0.3, 0.4) is 0 Å². The maximum atomic E-state index is 14.5. The van der Waals surface area contributed by atoms with Crippen LogP contribution in [-0.2, 0) is 6.42 Å². The second kappa shape index (κ2) is 9.57. The van der Waals surface area contributed by atoms with E-state index in [2.05, 4.69) is 17.6 Å². The van der Waals surface area contributed by atoms with E-state index in [-0.39, 0.29) is 23.7 Å². The van der Waals surface area contributed by atoms with Crippen LogP contribution in [0.25, 0.3) is 28.1 Å². The number of fused-ring (bicyclic) bond motifs is 1. The summed E-state index contributed by atoms with van der Waals surface area (Å²) in [5.74, 6) is -1.73. The van der Waals surface area contributed by atoms with Crippen molar-refractivity contribution in [1.82, 2.24) is 4.98 Å². The van der Waals surface area contributed by atoms with E-state index in [1.807, 2.05) is 24.3 Å². The van der Waals surface area contributed by atoms with Gasteiger partial charge < -0.3 is 5.11 Å². The number of rotatable bonds is 8. The summed E-state index contributed by atoms with van der Waals surface area (Å²) >= 11 is 0. The number of hydrogen-bond donors (Lipinski definition) is 1. The molecule has 0 bridgehead atoms. The molecule has 150 valence electrons. The second-order valence-corrected chi connectivity index (χ2v) is 7.25. The zero-order valence-corrected chi connectivity index (χ0v) is 16.5. The molecule has 3 rings (SSSR count). The number of unbranched alkanes of at least 4 members (excludes halogenated alkanes) is 1. The van der Waals surface area contributed by atoms with Crippen molar-refractivity contribution in [1.29, 1.82) is 0 Å². The summed E-state index contributed by atoms with van der Waals surface area (Å²) in [4.78, 5) is 4.35. The number of halogens is 2. The first-order valence-corrected chi connectivity index (χ1v) is 9.82. The van der Waals surface area contributed by atoms with Gasteiger partial charge in [-0.25, -0.2) is 8.78 Å². The summed E-state index contributed by atoms with van der Waals surface area (Å²) in [7, 11) is 0. The van der Waals surface area contributed by atoms with Gasteiger partial charge in [0.2, 0.25) is 0 Å². The molecule has 3 aromatic rings. The molecule has 2 nitrogen and oxygen atoms in total. The van der Waals surface area contributed by atoms with Gasteiger partial charge in [0.25, 0.3) is 0 Å². The van der Waals surface area contributed by atoms with Crippen LogP contribution in [0.4, 0.5) is 8.78 Å². The van der Waals surface area contributed by atoms with Gasteiger partial charge in [0.15, 0.2) is 11.6 Å². The molecule has 0 aliphatic heterocycles. The Morgan fingerprint density at radius 2 is 1.93 bits per heavy atom. The van der Waals surface area contributed by atoms with Crippen molar-refractivity contribution >= 4 is 16.8 Å². The van der Waals surface area contributed by atoms with E-state index in [0.29, 0.717) is 5.69 Å². The van der Waals surface area contributed by atoms with Gasteiger partial charge in [-0.15, -0.1) is 6.58 Å². The fraction of sp³-hybridized carbons (Fsp3) is 0.240. The molecule has 1 unspecified atom stereocenters. The zero-order chi connectivity index (χ0) is 20.8. The van der Waals surface area contributed by atoms with Crippen LogP contribution in [0.1, 0.15) is 37.3 Å². The van der Waals surface area contributed by atoms with Gasteiger partial charge in [0, 0.05) is 17.1 Å². The summed E-state index contributed by atoms with van der Waals surface area (Å²) < 4.78 is 28.8. The average Bonchev–Trinajstić information content (AvgIpc) is 2.71. The lowest BCUT2D eigenvalue weighted by Gasteiger charge is -2.08. The first-order valence-electron chi connectivity index (χ1n) is 9.82. The molecule has 0 aliphatic carbocycles. The Hall–Kier alpha value is -2.85. The first kappa shape index (κ1) is 20.9. The fourth-order valence-electron chi connectivity index (χ4n) is 3.26. The largest absolute Gasteiger partial charge is 0.393 e. The molecule has 0 radical (unpaired) electrons. The minimum atomic E-state index is -0.882. The first-order chi connectivity index (χ1) is 14.0. The third-order valence-corrected chi connectivity index (χ3v) is 4.85. The smallest absolute Gasteiger partial charge is 0.168 e. The molecule has 1 N–H and O–H groups in total. The van der Waals surface area contributed by atoms with Crippen LogP contribution in [0.2, 0.25) is 0 Å². The van der Waals surface area contributed by atoms with E-state index >= 15 is 0 Å². The van der Waals surface area contributed by atoms with E-state index < -0.39 is 11.6 Å². The predicted octanol–water partition coefficient (Wildman–Crippen LogP) is 6.47. The van der Waals surface area contributed by atoms with Gasteiger partial charge in [-0.05, 0) is 67.3 Å². The number of hydrogen-bond acceptors (Lipinski definition) is 2. The van der Waals surface area contributed by atoms with Crippen molar-refractivity contribution in [2.75, 3.05) is 0 Å². The van der Waals surface area contributed by atoms with E-state index in [4.69, 9.17) is 0 Å². The third-order valence-electron chi connectivity index (χ3n) is 4.85. The van der Waals surface area contributed by atoms with Gasteiger partial charge >= 0.3 is 0 Å². The van der Waals surface area contributed by atoms with Crippen molar-refractivity contribution in [3.8, 4) is 11.3 Å². The Morgan fingerprint density at radius 3 is 2.69 bits per heavy atom. The second-order valence-electron chi connectivity index (χ2n) is 7.25. The zero-order valence-electron chi connectivity index (χ0n) is 16.5. The molecule has 0 fully saturated rings. The molecule has 29 heavy (non-hydrogen) atoms. The number of nitrogens with zero attached hydrogens (tertiary/aromatic N) is 1. The van der Waals surface area contributed by atoms with Crippen molar-refractivity contribution < 1.29 is 13.9 Å². The summed E-state index contributed by atoms with van der Waals surface area (Å²) in [6.07, 6.45) is 10.0. The molecule has 2 aromatic carbocycles. The molecule has 0 saturated heterocycles. The minimum absolute atomic E-state index is 0.152. The SMILES string of the molecule is C=CCc1ccc(-c2cc3ccc(C=CCCCC(C)O)cc3cn2)c(F)c1F. The number of pyridine rings is 1. The van der Waals surface area contributed by atoms with Crippen molar-refractivity contribution in [3.05, 3.63) is 84.1 Å². The number of allylic oxidation sites excluding steroid dienone is 2. The lowest BCUT2D eigenvalue weighted by Crippen LogP contribution is -1.97. The average molecular weight is 393 g/mol. The molecule has 1 heterocycles. The molecule has 0 aliphatic rings. The minimum Gasteiger partial charge on any atom is -0.393 e. The topological polar surface area (TPSA) is 33.1 Å². The van der Waals surface area contributed by atoms with Crippen molar-refractivity contribution in [3.63, 3.8) is 0 Å². The summed E-state index contributed by atoms with van der Waals surface area (Å²) in [6.45, 7) is 5.36. The monoisotopic (exact) mass is 393 g/mol. The number of aliphatic hydroxyl groups is 1. The molecular formula is C25H25F2NO. The molecule has 1 aromatic heterocycles. The maximum absolute atomic E-state index is 14.5. The Bertz CT molecular complexity index is 1040. The molecule has 0 spiro atoms. The van der Waals surface area contributed by atoms with Gasteiger partial charge in [-0.1, -0.05) is 36.4 Å². The highest BCUT2D eigenvalue weighted by atomic mass is 19.2. The van der Waals surface area contributed by atoms with Crippen LogP contribution < -0.4 is 0 Å². The Kier molecular flexibility index (Phi) is 6.89. The van der Waals surface area contributed by atoms with Gasteiger partial charge in [0.05, 0.1) is 11.8 Å². The molecule has 4 heteroatoms. The van der Waals surface area contributed by atoms with Crippen molar-refractivity contribution in [2.45, 2.75) is 38.7 Å². The highest BCUT2D eigenvalue weighted by molar-refractivity contribution is 5.87. The van der Waals surface area contributed by atoms with Crippen LogP contribution in [0.5, 0.6) is 0 Å². The Balaban J connectivity index is 1.82. The Labute approximate surface area is 170 Å². The van der Waals surface area contributed by atoms with Gasteiger partial charge in [0.1, 0.15) is 0 Å². The highest BCUT2D eigenvalue weighted by Crippen LogP contribution is 2.28. The number of aromatic nitrogens is 1. The standard InChI is InChI=1S/C25H25F2NO/c1-3-7-19-12-13-22(25(27)24(19)26)23-15-20-11-10-18(14-21(20)16-28-23)9-6-4-5-8-17(2)29/h3,6,9-17,29H,1,4-5,7-8H2,2H3. The van der Waals surface area contributed by atoms with Gasteiger partial charge in [-0.2, -0.15) is 0 Å². The summed E-state index contributed by atoms with van der Waals surface area (Å²) in [5, 5.41) is 11.1. The van der Waals surface area contributed by atoms with Crippen LogP contribution in [0, 0.1) is 11.6 Å². The fourth-order valence-corrected chi connectivity index (χ4v) is 3.26. The predicted molar refractivity (Wildman–Crippen MR) is 116 cm³/mol. The lowest BCUT2D eigenvalue weighted by atomic mass is 10.0. The summed E-state index contributed by atoms with van der Waals surface area (Å²) in [6, 6.07) is 10.9. The Morgan fingerprint density at radius 1 is 1.10 bits per heavy atom. The van der Waals surface area contributed by atoms with Crippen LogP contribution in [0.15, 0.2) is 61.3 Å². The normalized spacial score (nSPS) is 12.6. The third kappa shape index (κ3) is 5.15. The molecule has 0 amide bonds. The highest BCUT2D eigenvalue weighted by Gasteiger charge is 2.15. The van der Waals surface area contributed by atoms with Crippen molar-refractivity contribution in [2.24, 2.45) is 0 Å². The molecule has 1 atom stereocenters. The molecule has 0 saturated carbocycles. The van der Waals surface area contributed by atoms with E-state index in [0.717, 1.165) is 35.6 Å². The quantitative estimate of drug-likeness (QED) is 0.351. The number of benzene rings is 2. The van der Waals surface area contributed by atoms with Crippen LogP contribution >= 0.6 is 0 Å². The number of aliphatic hydroxyl groups excluding tert-OH is 1. The van der Waals surface area contributed by atoms with E-state index in [9.17, 15) is 13.9 Å². The van der Waals surface area contributed by atoms with Crippen LogP contribution in [-0.4, -0.2) is 16.2 Å². The van der Waals surface area contributed by atoms with E-state index in [1.54, 1.807) is 37.4 Å². The van der Waals surface area contributed by atoms with Gasteiger partial charge in [-0.3, -0.25) is 4.98 Å². The van der Waals surface area contributed by atoms with E-state index in [1.165, 1.54) is 0 Å². The summed E-state index contributed by atoms with van der Waals surface area (Å²) in [5.41, 5.74) is 1.89. The maximum Gasteiger partial charge on any atom is 0.168 e. The molecular weight excluding hydrogens is 368 g/mol.